The van der Waals surface area contributed by atoms with E-state index in [-0.39, 0.29) is 31.1 Å². The summed E-state index contributed by atoms with van der Waals surface area (Å²) in [7, 11) is 1.30. The van der Waals surface area contributed by atoms with Crippen molar-refractivity contribution in [2.24, 2.45) is 0 Å². The molecule has 0 saturated carbocycles. The molecular formula is C18H26IN5O5. The standard InChI is InChI=1S/C18H26IN5O5/c1-11-17(26)23-9-12(8-14(23)18(27)28-2)29-10-13-16(19)24(22-21-13)7-5-3-4-6-15(25)20-11/h11-12,14H,3-10H2,1-2H3,(H,20,25)/t11-,12+,14-/m0/s1. The molecular weight excluding hydrogens is 493 g/mol. The van der Waals surface area contributed by atoms with E-state index in [9.17, 15) is 14.4 Å². The lowest BCUT2D eigenvalue weighted by Gasteiger charge is -2.26. The Labute approximate surface area is 182 Å². The van der Waals surface area contributed by atoms with E-state index in [1.165, 1.54) is 12.0 Å². The second kappa shape index (κ2) is 9.83. The van der Waals surface area contributed by atoms with E-state index < -0.39 is 18.1 Å². The van der Waals surface area contributed by atoms with Crippen molar-refractivity contribution in [1.82, 2.24) is 25.2 Å². The van der Waals surface area contributed by atoms with Crippen molar-refractivity contribution in [3.8, 4) is 0 Å². The molecule has 3 rings (SSSR count). The van der Waals surface area contributed by atoms with E-state index >= 15 is 0 Å². The van der Waals surface area contributed by atoms with Crippen LogP contribution in [0.5, 0.6) is 0 Å². The molecule has 1 fully saturated rings. The van der Waals surface area contributed by atoms with E-state index in [1.54, 1.807) is 6.92 Å². The Morgan fingerprint density at radius 3 is 2.86 bits per heavy atom. The lowest BCUT2D eigenvalue weighted by molar-refractivity contribution is -0.151. The van der Waals surface area contributed by atoms with Crippen molar-refractivity contribution in [2.75, 3.05) is 13.7 Å². The first kappa shape index (κ1) is 21.9. The maximum absolute atomic E-state index is 12.9. The number of halogens is 1. The maximum atomic E-state index is 12.9. The van der Waals surface area contributed by atoms with Crippen LogP contribution in [0.2, 0.25) is 0 Å². The molecule has 1 aromatic heterocycles. The summed E-state index contributed by atoms with van der Waals surface area (Å²) < 4.78 is 13.6. The molecule has 11 heteroatoms. The molecule has 0 spiro atoms. The molecule has 2 aliphatic rings. The maximum Gasteiger partial charge on any atom is 0.328 e. The second-order valence-corrected chi connectivity index (χ2v) is 8.37. The molecule has 0 aromatic carbocycles. The minimum absolute atomic E-state index is 0.172. The van der Waals surface area contributed by atoms with E-state index in [1.807, 2.05) is 4.68 Å². The SMILES string of the molecule is COC(=O)[C@@H]1C[C@@H]2CN1C(=O)[C@H](C)NC(=O)CCCCCn1nnc(c1I)CO2. The molecule has 4 bridgehead atoms. The highest BCUT2D eigenvalue weighted by atomic mass is 127. The second-order valence-electron chi connectivity index (χ2n) is 7.35. The fourth-order valence-electron chi connectivity index (χ4n) is 3.63. The number of hydrogen-bond acceptors (Lipinski definition) is 7. The zero-order valence-electron chi connectivity index (χ0n) is 16.6. The number of methoxy groups -OCH3 is 1. The molecule has 29 heavy (non-hydrogen) atoms. The zero-order chi connectivity index (χ0) is 21.0. The number of esters is 1. The number of carbonyl (C=O) groups excluding carboxylic acids is 3. The van der Waals surface area contributed by atoms with Crippen molar-refractivity contribution in [3.05, 3.63) is 9.39 Å². The summed E-state index contributed by atoms with van der Waals surface area (Å²) >= 11 is 2.20. The van der Waals surface area contributed by atoms with Crippen LogP contribution in [0, 0.1) is 3.70 Å². The van der Waals surface area contributed by atoms with Gasteiger partial charge in [-0.25, -0.2) is 9.48 Å². The molecule has 1 aromatic rings. The van der Waals surface area contributed by atoms with Crippen molar-refractivity contribution in [3.63, 3.8) is 0 Å². The van der Waals surface area contributed by atoms with E-state index in [2.05, 4.69) is 38.2 Å². The summed E-state index contributed by atoms with van der Waals surface area (Å²) in [6, 6.07) is -1.45. The van der Waals surface area contributed by atoms with Gasteiger partial charge in [-0.3, -0.25) is 9.59 Å². The normalized spacial score (nSPS) is 26.7. The van der Waals surface area contributed by atoms with Crippen molar-refractivity contribution in [1.29, 1.82) is 0 Å². The summed E-state index contributed by atoms with van der Waals surface area (Å²) in [6.07, 6.45) is 2.84. The van der Waals surface area contributed by atoms with Crippen LogP contribution in [-0.2, 0) is 37.0 Å². The number of nitrogens with zero attached hydrogens (tertiary/aromatic N) is 4. The average molecular weight is 519 g/mol. The summed E-state index contributed by atoms with van der Waals surface area (Å²) in [5.41, 5.74) is 0.736. The number of hydrogen-bond donors (Lipinski definition) is 1. The smallest absolute Gasteiger partial charge is 0.328 e. The van der Waals surface area contributed by atoms with Gasteiger partial charge in [0.05, 0.1) is 19.8 Å². The van der Waals surface area contributed by atoms with E-state index in [4.69, 9.17) is 9.47 Å². The highest BCUT2D eigenvalue weighted by molar-refractivity contribution is 14.1. The molecule has 3 atom stereocenters. The predicted molar refractivity (Wildman–Crippen MR) is 110 cm³/mol. The third kappa shape index (κ3) is 5.24. The van der Waals surface area contributed by atoms with Gasteiger partial charge in [0, 0.05) is 25.9 Å². The molecule has 0 aliphatic carbocycles. The summed E-state index contributed by atoms with van der Waals surface area (Å²) in [6.45, 7) is 2.87. The van der Waals surface area contributed by atoms with Gasteiger partial charge in [-0.1, -0.05) is 11.6 Å². The van der Waals surface area contributed by atoms with Crippen LogP contribution in [0.4, 0.5) is 0 Å². The lowest BCUT2D eigenvalue weighted by atomic mass is 10.1. The molecule has 0 radical (unpaired) electrons. The summed E-state index contributed by atoms with van der Waals surface area (Å²) in [5.74, 6) is -0.975. The number of fused-ring (bicyclic) bond motifs is 4. The topological polar surface area (TPSA) is 116 Å². The lowest BCUT2D eigenvalue weighted by Crippen LogP contribution is -2.50. The molecule has 10 nitrogen and oxygen atoms in total. The largest absolute Gasteiger partial charge is 0.467 e. The Hall–Kier alpha value is -1.76. The number of rotatable bonds is 1. The Morgan fingerprint density at radius 2 is 2.10 bits per heavy atom. The van der Waals surface area contributed by atoms with Gasteiger partial charge in [-0.2, -0.15) is 0 Å². The highest BCUT2D eigenvalue weighted by Gasteiger charge is 2.42. The van der Waals surface area contributed by atoms with Crippen LogP contribution in [-0.4, -0.2) is 69.5 Å². The van der Waals surface area contributed by atoms with Gasteiger partial charge >= 0.3 is 5.97 Å². The van der Waals surface area contributed by atoms with Crippen LogP contribution in [0.25, 0.3) is 0 Å². The molecule has 0 unspecified atom stereocenters. The van der Waals surface area contributed by atoms with Gasteiger partial charge in [-0.15, -0.1) is 5.10 Å². The Balaban J connectivity index is 1.79. The quantitative estimate of drug-likeness (QED) is 0.427. The summed E-state index contributed by atoms with van der Waals surface area (Å²) in [4.78, 5) is 38.8. The minimum Gasteiger partial charge on any atom is -0.467 e. The summed E-state index contributed by atoms with van der Waals surface area (Å²) in [5, 5.41) is 11.1. The third-order valence-corrected chi connectivity index (χ3v) is 6.41. The zero-order valence-corrected chi connectivity index (χ0v) is 18.8. The van der Waals surface area contributed by atoms with Gasteiger partial charge in [0.15, 0.2) is 0 Å². The van der Waals surface area contributed by atoms with Crippen LogP contribution < -0.4 is 5.32 Å². The first-order chi connectivity index (χ1) is 13.9. The number of nitrogens with one attached hydrogen (secondary N) is 1. The number of carbonyl (C=O) groups is 3. The fourth-order valence-corrected chi connectivity index (χ4v) is 4.24. The van der Waals surface area contributed by atoms with Gasteiger partial charge < -0.3 is 19.7 Å². The van der Waals surface area contributed by atoms with Gasteiger partial charge in [0.1, 0.15) is 21.5 Å². The van der Waals surface area contributed by atoms with Crippen LogP contribution in [0.3, 0.4) is 0 Å². The predicted octanol–water partition coefficient (Wildman–Crippen LogP) is 0.620. The third-order valence-electron chi connectivity index (χ3n) is 5.23. The fraction of sp³-hybridized carbons (Fsp3) is 0.722. The number of ether oxygens (including phenoxy) is 2. The Morgan fingerprint density at radius 1 is 1.31 bits per heavy atom. The first-order valence-electron chi connectivity index (χ1n) is 9.77. The van der Waals surface area contributed by atoms with Crippen LogP contribution >= 0.6 is 22.6 Å². The molecule has 1 saturated heterocycles. The van der Waals surface area contributed by atoms with Crippen molar-refractivity contribution >= 4 is 40.4 Å². The van der Waals surface area contributed by atoms with Gasteiger partial charge in [0.25, 0.3) is 0 Å². The Bertz CT molecular complexity index is 770. The molecule has 2 aliphatic heterocycles. The highest BCUT2D eigenvalue weighted by Crippen LogP contribution is 2.24. The first-order valence-corrected chi connectivity index (χ1v) is 10.9. The molecule has 160 valence electrons. The average Bonchev–Trinajstić information content (AvgIpc) is 3.28. The number of aryl methyl sites for hydroxylation is 1. The number of amides is 2. The van der Waals surface area contributed by atoms with E-state index in [0.29, 0.717) is 12.8 Å². The Kier molecular flexibility index (Phi) is 7.44. The van der Waals surface area contributed by atoms with Crippen LogP contribution in [0.15, 0.2) is 0 Å². The number of aromatic nitrogens is 3. The van der Waals surface area contributed by atoms with Crippen LogP contribution in [0.1, 0.15) is 44.7 Å². The monoisotopic (exact) mass is 519 g/mol. The van der Waals surface area contributed by atoms with Crippen molar-refractivity contribution < 1.29 is 23.9 Å². The molecule has 3 heterocycles. The van der Waals surface area contributed by atoms with Gasteiger partial charge in [-0.05, 0) is 42.4 Å². The molecule has 1 N–H and O–H groups in total. The van der Waals surface area contributed by atoms with Crippen molar-refractivity contribution in [2.45, 2.75) is 70.4 Å². The minimum atomic E-state index is -0.731. The van der Waals surface area contributed by atoms with Gasteiger partial charge in [0.2, 0.25) is 11.8 Å². The van der Waals surface area contributed by atoms with E-state index in [0.717, 1.165) is 35.2 Å². The molecule has 2 amide bonds.